The summed E-state index contributed by atoms with van der Waals surface area (Å²) in [7, 11) is 0. The quantitative estimate of drug-likeness (QED) is 0.642. The van der Waals surface area contributed by atoms with Crippen LogP contribution in [0.4, 0.5) is 5.69 Å². The van der Waals surface area contributed by atoms with E-state index in [1.807, 2.05) is 23.1 Å². The molecule has 1 aromatic carbocycles. The minimum absolute atomic E-state index is 0.181. The van der Waals surface area contributed by atoms with Gasteiger partial charge in [-0.25, -0.2) is 0 Å². The molecule has 0 saturated carbocycles. The van der Waals surface area contributed by atoms with E-state index in [0.717, 1.165) is 21.9 Å². The first-order valence-electron chi connectivity index (χ1n) is 6.63. The zero-order valence-electron chi connectivity index (χ0n) is 11.7. The van der Waals surface area contributed by atoms with E-state index in [0.29, 0.717) is 6.54 Å². The van der Waals surface area contributed by atoms with Gasteiger partial charge < -0.3 is 10.6 Å². The Balaban J connectivity index is 2.42. The van der Waals surface area contributed by atoms with Crippen LogP contribution in [0.1, 0.15) is 19.4 Å². The van der Waals surface area contributed by atoms with E-state index in [2.05, 4.69) is 12.2 Å². The van der Waals surface area contributed by atoms with Gasteiger partial charge in [-0.15, -0.1) is 11.8 Å². The summed E-state index contributed by atoms with van der Waals surface area (Å²) in [6.45, 7) is 4.44. The molecule has 0 aromatic heterocycles. The van der Waals surface area contributed by atoms with Crippen LogP contribution in [0.5, 0.6) is 0 Å². The number of carbonyl (C=O) groups is 2. The summed E-state index contributed by atoms with van der Waals surface area (Å²) in [6.07, 6.45) is 0. The summed E-state index contributed by atoms with van der Waals surface area (Å²) in [5.74, 6) is 0.410. The molecule has 3 N–H and O–H groups in total. The van der Waals surface area contributed by atoms with E-state index in [4.69, 9.17) is 5.73 Å². The second-order valence-electron chi connectivity index (χ2n) is 4.61. The van der Waals surface area contributed by atoms with Crippen LogP contribution >= 0.6 is 11.8 Å². The molecule has 2 rings (SSSR count). The van der Waals surface area contributed by atoms with E-state index in [9.17, 15) is 9.59 Å². The van der Waals surface area contributed by atoms with Gasteiger partial charge in [-0.1, -0.05) is 13.0 Å². The topological polar surface area (TPSA) is 75.4 Å². The third kappa shape index (κ3) is 2.81. The van der Waals surface area contributed by atoms with Crippen molar-refractivity contribution < 1.29 is 9.59 Å². The zero-order valence-corrected chi connectivity index (χ0v) is 12.5. The van der Waals surface area contributed by atoms with Crippen molar-refractivity contribution in [2.45, 2.75) is 31.3 Å². The number of imide groups is 1. The Kier molecular flexibility index (Phi) is 4.67. The highest BCUT2D eigenvalue weighted by Gasteiger charge is 2.31. The standard InChI is InChI=1S/C14H19N3O2S/c1-3-20-12-6-4-5-11(10(12)7-15)17-8-13(18)16-14(19)9(17)2/h4-6,9H,3,7-8,15H2,1-2H3,(H,16,18,19). The largest absolute Gasteiger partial charge is 0.350 e. The maximum atomic E-state index is 11.8. The Morgan fingerprint density at radius 1 is 1.45 bits per heavy atom. The van der Waals surface area contributed by atoms with Crippen LogP contribution in [0, 0.1) is 0 Å². The van der Waals surface area contributed by atoms with Gasteiger partial charge >= 0.3 is 0 Å². The van der Waals surface area contributed by atoms with Gasteiger partial charge in [-0.05, 0) is 24.8 Å². The molecule has 1 aliphatic heterocycles. The molecule has 0 bridgehead atoms. The van der Waals surface area contributed by atoms with Gasteiger partial charge in [0.1, 0.15) is 6.04 Å². The number of hydrogen-bond donors (Lipinski definition) is 2. The molecular weight excluding hydrogens is 274 g/mol. The number of rotatable bonds is 4. The number of hydrogen-bond acceptors (Lipinski definition) is 5. The number of nitrogens with two attached hydrogens (primary N) is 1. The number of anilines is 1. The molecule has 1 aromatic rings. The van der Waals surface area contributed by atoms with E-state index < -0.39 is 0 Å². The summed E-state index contributed by atoms with van der Waals surface area (Å²) in [6, 6.07) is 5.51. The Hall–Kier alpha value is -1.53. The number of amides is 2. The number of nitrogens with one attached hydrogen (secondary N) is 1. The third-order valence-electron chi connectivity index (χ3n) is 3.35. The molecule has 1 saturated heterocycles. The second kappa shape index (κ2) is 6.28. The van der Waals surface area contributed by atoms with Crippen molar-refractivity contribution in [2.75, 3.05) is 17.2 Å². The summed E-state index contributed by atoms with van der Waals surface area (Å²) in [5, 5.41) is 2.35. The van der Waals surface area contributed by atoms with Crippen molar-refractivity contribution in [3.8, 4) is 0 Å². The van der Waals surface area contributed by atoms with E-state index in [-0.39, 0.29) is 24.4 Å². The maximum Gasteiger partial charge on any atom is 0.249 e. The molecule has 0 aliphatic carbocycles. The fourth-order valence-electron chi connectivity index (χ4n) is 2.33. The fraction of sp³-hybridized carbons (Fsp3) is 0.429. The Morgan fingerprint density at radius 3 is 2.85 bits per heavy atom. The lowest BCUT2D eigenvalue weighted by Crippen LogP contribution is -2.57. The number of thioether (sulfide) groups is 1. The van der Waals surface area contributed by atoms with Gasteiger partial charge in [0, 0.05) is 22.7 Å². The van der Waals surface area contributed by atoms with Crippen LogP contribution in [-0.4, -0.2) is 30.2 Å². The van der Waals surface area contributed by atoms with Crippen LogP contribution in [-0.2, 0) is 16.1 Å². The predicted molar refractivity (Wildman–Crippen MR) is 80.7 cm³/mol. The normalized spacial score (nSPS) is 19.1. The van der Waals surface area contributed by atoms with Crippen LogP contribution in [0.2, 0.25) is 0 Å². The Bertz CT molecular complexity index is 533. The van der Waals surface area contributed by atoms with Gasteiger partial charge in [0.2, 0.25) is 11.8 Å². The maximum absolute atomic E-state index is 11.8. The molecular formula is C14H19N3O2S. The van der Waals surface area contributed by atoms with Crippen LogP contribution in [0.3, 0.4) is 0 Å². The minimum atomic E-state index is -0.375. The van der Waals surface area contributed by atoms with Crippen molar-refractivity contribution >= 4 is 29.3 Å². The van der Waals surface area contributed by atoms with Crippen molar-refractivity contribution in [3.05, 3.63) is 23.8 Å². The first kappa shape index (κ1) is 14.9. The molecule has 108 valence electrons. The first-order valence-corrected chi connectivity index (χ1v) is 7.62. The minimum Gasteiger partial charge on any atom is -0.350 e. The number of piperazine rings is 1. The van der Waals surface area contributed by atoms with E-state index in [1.165, 1.54) is 0 Å². The number of nitrogens with zero attached hydrogens (tertiary/aromatic N) is 1. The second-order valence-corrected chi connectivity index (χ2v) is 5.91. The van der Waals surface area contributed by atoms with E-state index >= 15 is 0 Å². The van der Waals surface area contributed by atoms with Gasteiger partial charge in [0.15, 0.2) is 0 Å². The molecule has 1 unspecified atom stereocenters. The number of carbonyl (C=O) groups excluding carboxylic acids is 2. The average Bonchev–Trinajstić information content (AvgIpc) is 2.43. The molecule has 0 radical (unpaired) electrons. The van der Waals surface area contributed by atoms with Crippen LogP contribution in [0.25, 0.3) is 0 Å². The zero-order chi connectivity index (χ0) is 14.7. The highest BCUT2D eigenvalue weighted by Crippen LogP contribution is 2.32. The highest BCUT2D eigenvalue weighted by atomic mass is 32.2. The van der Waals surface area contributed by atoms with Crippen molar-refractivity contribution in [3.63, 3.8) is 0 Å². The van der Waals surface area contributed by atoms with Crippen LogP contribution in [0.15, 0.2) is 23.1 Å². The summed E-state index contributed by atoms with van der Waals surface area (Å²) >= 11 is 1.72. The predicted octanol–water partition coefficient (Wildman–Crippen LogP) is 1.11. The lowest BCUT2D eigenvalue weighted by molar-refractivity contribution is -0.132. The van der Waals surface area contributed by atoms with Gasteiger partial charge in [-0.2, -0.15) is 0 Å². The van der Waals surface area contributed by atoms with Crippen LogP contribution < -0.4 is 16.0 Å². The SMILES string of the molecule is CCSc1cccc(N2CC(=O)NC(=O)C2C)c1CN. The molecule has 1 atom stereocenters. The number of benzene rings is 1. The van der Waals surface area contributed by atoms with Gasteiger partial charge in [0.25, 0.3) is 0 Å². The summed E-state index contributed by atoms with van der Waals surface area (Å²) in [5.41, 5.74) is 7.75. The highest BCUT2D eigenvalue weighted by molar-refractivity contribution is 7.99. The molecule has 2 amide bonds. The Morgan fingerprint density at radius 2 is 2.20 bits per heavy atom. The average molecular weight is 293 g/mol. The lowest BCUT2D eigenvalue weighted by atomic mass is 10.1. The van der Waals surface area contributed by atoms with Crippen molar-refractivity contribution in [1.82, 2.24) is 5.32 Å². The molecule has 5 nitrogen and oxygen atoms in total. The monoisotopic (exact) mass is 293 g/mol. The smallest absolute Gasteiger partial charge is 0.249 e. The first-order chi connectivity index (χ1) is 9.58. The molecule has 1 aliphatic rings. The lowest BCUT2D eigenvalue weighted by Gasteiger charge is -2.35. The molecule has 0 spiro atoms. The summed E-state index contributed by atoms with van der Waals surface area (Å²) in [4.78, 5) is 26.3. The molecule has 1 fully saturated rings. The van der Waals surface area contributed by atoms with Crippen molar-refractivity contribution in [1.29, 1.82) is 0 Å². The molecule has 1 heterocycles. The van der Waals surface area contributed by atoms with Gasteiger partial charge in [-0.3, -0.25) is 14.9 Å². The molecule has 6 heteroatoms. The van der Waals surface area contributed by atoms with E-state index in [1.54, 1.807) is 18.7 Å². The molecule has 20 heavy (non-hydrogen) atoms. The summed E-state index contributed by atoms with van der Waals surface area (Å²) < 4.78 is 0. The van der Waals surface area contributed by atoms with Gasteiger partial charge in [0.05, 0.1) is 6.54 Å². The van der Waals surface area contributed by atoms with Crippen molar-refractivity contribution in [2.24, 2.45) is 5.73 Å². The fourth-order valence-corrected chi connectivity index (χ4v) is 3.18. The third-order valence-corrected chi connectivity index (χ3v) is 4.33. The Labute approximate surface area is 122 Å².